The Morgan fingerprint density at radius 1 is 1.27 bits per heavy atom. The first-order valence-electron chi connectivity index (χ1n) is 4.92. The number of esters is 1. The smallest absolute Gasteiger partial charge is 0.312 e. The first-order chi connectivity index (χ1) is 6.52. The third kappa shape index (κ3) is 7.30. The second-order valence-electron chi connectivity index (χ2n) is 5.11. The van der Waals surface area contributed by atoms with Crippen molar-refractivity contribution in [2.45, 2.75) is 46.6 Å². The van der Waals surface area contributed by atoms with Crippen molar-refractivity contribution >= 4 is 5.97 Å². The van der Waals surface area contributed by atoms with E-state index in [1.165, 1.54) is 0 Å². The van der Waals surface area contributed by atoms with E-state index in [9.17, 15) is 4.79 Å². The maximum absolute atomic E-state index is 11.4. The summed E-state index contributed by atoms with van der Waals surface area (Å²) in [5, 5.41) is 0. The van der Waals surface area contributed by atoms with Crippen molar-refractivity contribution in [3.63, 3.8) is 0 Å². The predicted octanol–water partition coefficient (Wildman–Crippen LogP) is 0.572. The van der Waals surface area contributed by atoms with Crippen molar-refractivity contribution < 1.29 is 14.3 Å². The average molecular weight is 218 g/mol. The molecule has 0 aliphatic rings. The summed E-state index contributed by atoms with van der Waals surface area (Å²) in [7, 11) is 0. The van der Waals surface area contributed by atoms with Gasteiger partial charge in [0.05, 0.1) is 12.0 Å². The van der Waals surface area contributed by atoms with Gasteiger partial charge in [-0.3, -0.25) is 10.5 Å². The highest BCUT2D eigenvalue weighted by Crippen LogP contribution is 2.15. The first-order valence-corrected chi connectivity index (χ1v) is 4.92. The molecule has 0 saturated heterocycles. The topological polar surface area (TPSA) is 87.6 Å². The molecule has 0 rings (SSSR count). The van der Waals surface area contributed by atoms with Gasteiger partial charge in [0.25, 0.3) is 0 Å². The lowest BCUT2D eigenvalue weighted by molar-refractivity contribution is -0.164. The molecule has 5 nitrogen and oxygen atoms in total. The number of hydrogen-bond acceptors (Lipinski definition) is 5. The largest absolute Gasteiger partial charge is 0.444 e. The molecule has 0 radical (unpaired) electrons. The van der Waals surface area contributed by atoms with Crippen LogP contribution >= 0.6 is 0 Å². The summed E-state index contributed by atoms with van der Waals surface area (Å²) in [5.41, 5.74) is 9.81. The van der Waals surface area contributed by atoms with Crippen molar-refractivity contribution in [1.29, 1.82) is 0 Å². The van der Waals surface area contributed by atoms with Crippen LogP contribution in [0, 0.1) is 5.41 Å². The van der Waals surface area contributed by atoms with E-state index in [0.717, 1.165) is 0 Å². The molecule has 0 bridgehead atoms. The van der Waals surface area contributed by atoms with Gasteiger partial charge in [-0.05, 0) is 34.6 Å². The zero-order valence-electron chi connectivity index (χ0n) is 10.2. The Kier molecular flexibility index (Phi) is 4.70. The number of rotatable bonds is 4. The van der Waals surface area contributed by atoms with Crippen LogP contribution in [0.25, 0.3) is 0 Å². The van der Waals surface area contributed by atoms with Crippen LogP contribution in [-0.2, 0) is 14.3 Å². The number of nitrogens with two attached hydrogens (primary N) is 2. The van der Waals surface area contributed by atoms with Crippen LogP contribution in [0.2, 0.25) is 0 Å². The summed E-state index contributed by atoms with van der Waals surface area (Å²) in [6, 6.07) is 0. The molecule has 0 aromatic rings. The molecule has 0 aliphatic heterocycles. The van der Waals surface area contributed by atoms with Gasteiger partial charge in [0.1, 0.15) is 5.72 Å². The molecule has 0 aliphatic carbocycles. The number of carbonyl (C=O) groups is 1. The number of carbonyl (C=O) groups excluding carboxylic acids is 1. The van der Waals surface area contributed by atoms with Crippen molar-refractivity contribution in [2.75, 3.05) is 6.61 Å². The molecule has 0 aromatic heterocycles. The molecule has 90 valence electrons. The Morgan fingerprint density at radius 3 is 2.07 bits per heavy atom. The fourth-order valence-electron chi connectivity index (χ4n) is 0.645. The predicted molar refractivity (Wildman–Crippen MR) is 57.7 cm³/mol. The highest BCUT2D eigenvalue weighted by Gasteiger charge is 2.25. The van der Waals surface area contributed by atoms with Crippen LogP contribution in [0.5, 0.6) is 0 Å². The van der Waals surface area contributed by atoms with Crippen molar-refractivity contribution in [3.8, 4) is 0 Å². The molecular formula is C10H22N2O3. The number of hydrogen-bond donors (Lipinski definition) is 2. The standard InChI is InChI=1S/C10H22N2O3/c1-9(2,3)8(13)15-7(11)6-14-10(4,5)12/h7H,6,11-12H2,1-5H3. The van der Waals surface area contributed by atoms with E-state index < -0.39 is 17.4 Å². The van der Waals surface area contributed by atoms with Gasteiger partial charge in [0.15, 0.2) is 6.23 Å². The molecule has 0 heterocycles. The average Bonchev–Trinajstić information content (AvgIpc) is 1.97. The van der Waals surface area contributed by atoms with E-state index in [2.05, 4.69) is 0 Å². The minimum absolute atomic E-state index is 0.0886. The molecule has 0 aromatic carbocycles. The summed E-state index contributed by atoms with van der Waals surface area (Å²) >= 11 is 0. The van der Waals surface area contributed by atoms with Crippen LogP contribution in [0.3, 0.4) is 0 Å². The minimum Gasteiger partial charge on any atom is -0.444 e. The molecule has 1 atom stereocenters. The zero-order valence-corrected chi connectivity index (χ0v) is 10.2. The van der Waals surface area contributed by atoms with Gasteiger partial charge in [0.2, 0.25) is 0 Å². The van der Waals surface area contributed by atoms with Crippen LogP contribution in [0.15, 0.2) is 0 Å². The summed E-state index contributed by atoms with van der Waals surface area (Å²) in [4.78, 5) is 11.4. The SMILES string of the molecule is CC(C)(N)OCC(N)OC(=O)C(C)(C)C. The highest BCUT2D eigenvalue weighted by atomic mass is 16.6. The quantitative estimate of drug-likeness (QED) is 0.532. The van der Waals surface area contributed by atoms with E-state index in [-0.39, 0.29) is 12.6 Å². The van der Waals surface area contributed by atoms with E-state index in [1.807, 2.05) is 0 Å². The summed E-state index contributed by atoms with van der Waals surface area (Å²) in [6.45, 7) is 8.77. The molecule has 0 amide bonds. The lowest BCUT2D eigenvalue weighted by atomic mass is 9.97. The Hall–Kier alpha value is -0.650. The fourth-order valence-corrected chi connectivity index (χ4v) is 0.645. The third-order valence-electron chi connectivity index (χ3n) is 1.49. The van der Waals surface area contributed by atoms with Gasteiger partial charge >= 0.3 is 5.97 Å². The van der Waals surface area contributed by atoms with Crippen LogP contribution in [0.4, 0.5) is 0 Å². The summed E-state index contributed by atoms with van der Waals surface area (Å²) < 4.78 is 10.1. The van der Waals surface area contributed by atoms with Crippen LogP contribution in [0.1, 0.15) is 34.6 Å². The lowest BCUT2D eigenvalue weighted by Gasteiger charge is -2.24. The lowest BCUT2D eigenvalue weighted by Crippen LogP contribution is -2.42. The minimum atomic E-state index is -0.778. The van der Waals surface area contributed by atoms with Gasteiger partial charge in [-0.2, -0.15) is 0 Å². The monoisotopic (exact) mass is 218 g/mol. The Labute approximate surface area is 91.1 Å². The molecule has 4 N–H and O–H groups in total. The molecule has 15 heavy (non-hydrogen) atoms. The van der Waals surface area contributed by atoms with Gasteiger partial charge < -0.3 is 15.2 Å². The van der Waals surface area contributed by atoms with Gasteiger partial charge in [0, 0.05) is 0 Å². The van der Waals surface area contributed by atoms with E-state index in [0.29, 0.717) is 0 Å². The first kappa shape index (κ1) is 14.3. The molecule has 5 heteroatoms. The Balaban J connectivity index is 3.95. The van der Waals surface area contributed by atoms with E-state index >= 15 is 0 Å². The Bertz CT molecular complexity index is 216. The van der Waals surface area contributed by atoms with Crippen LogP contribution in [-0.4, -0.2) is 24.5 Å². The zero-order chi connectivity index (χ0) is 12.3. The summed E-state index contributed by atoms with van der Waals surface area (Å²) in [5.74, 6) is -0.353. The van der Waals surface area contributed by atoms with Crippen molar-refractivity contribution in [3.05, 3.63) is 0 Å². The summed E-state index contributed by atoms with van der Waals surface area (Å²) in [6.07, 6.45) is -0.778. The van der Waals surface area contributed by atoms with Crippen LogP contribution < -0.4 is 11.5 Å². The van der Waals surface area contributed by atoms with Crippen molar-refractivity contribution in [2.24, 2.45) is 16.9 Å². The van der Waals surface area contributed by atoms with Gasteiger partial charge in [-0.15, -0.1) is 0 Å². The molecule has 0 spiro atoms. The van der Waals surface area contributed by atoms with E-state index in [4.69, 9.17) is 20.9 Å². The van der Waals surface area contributed by atoms with E-state index in [1.54, 1.807) is 34.6 Å². The highest BCUT2D eigenvalue weighted by molar-refractivity contribution is 5.75. The van der Waals surface area contributed by atoms with Crippen molar-refractivity contribution in [1.82, 2.24) is 0 Å². The number of ether oxygens (including phenoxy) is 2. The maximum Gasteiger partial charge on any atom is 0.312 e. The molecule has 0 fully saturated rings. The normalized spacial score (nSPS) is 14.9. The fraction of sp³-hybridized carbons (Fsp3) is 0.900. The second kappa shape index (κ2) is 4.92. The van der Waals surface area contributed by atoms with Gasteiger partial charge in [-0.25, -0.2) is 0 Å². The third-order valence-corrected chi connectivity index (χ3v) is 1.49. The molecular weight excluding hydrogens is 196 g/mol. The second-order valence-corrected chi connectivity index (χ2v) is 5.11. The maximum atomic E-state index is 11.4. The van der Waals surface area contributed by atoms with Gasteiger partial charge in [-0.1, -0.05) is 0 Å². The Morgan fingerprint density at radius 2 is 1.73 bits per heavy atom. The molecule has 1 unspecified atom stereocenters. The molecule has 0 saturated carbocycles.